The molecule has 3 aromatic rings. The van der Waals surface area contributed by atoms with Gasteiger partial charge in [0, 0.05) is 16.8 Å². The molecule has 20 heavy (non-hydrogen) atoms. The second-order valence-electron chi connectivity index (χ2n) is 4.55. The van der Waals surface area contributed by atoms with Crippen LogP contribution in [0.1, 0.15) is 12.5 Å². The van der Waals surface area contributed by atoms with Gasteiger partial charge in [-0.05, 0) is 42.8 Å². The van der Waals surface area contributed by atoms with Crippen LogP contribution in [-0.4, -0.2) is 16.2 Å². The van der Waals surface area contributed by atoms with E-state index in [1.165, 1.54) is 0 Å². The smallest absolute Gasteiger partial charge is 0.100 e. The number of aromatic nitrogens is 2. The highest BCUT2D eigenvalue weighted by Gasteiger charge is 2.06. The molecule has 0 saturated carbocycles. The van der Waals surface area contributed by atoms with E-state index >= 15 is 0 Å². The van der Waals surface area contributed by atoms with E-state index in [1.54, 1.807) is 0 Å². The molecule has 102 valence electrons. The third kappa shape index (κ3) is 2.62. The average Bonchev–Trinajstić information content (AvgIpc) is 2.88. The average molecular weight is 331 g/mol. The molecular formula is C16H15BrN2O. The minimum Gasteiger partial charge on any atom is -0.377 e. The number of hydrogen-bond donors (Lipinski definition) is 0. The molecule has 0 bridgehead atoms. The monoisotopic (exact) mass is 330 g/mol. The standard InChI is InChI=1S/C16H15BrN2O/c1-2-20-10-12-6-7-16-15(8-12)18-11-19(16)14-5-3-4-13(17)9-14/h3-9,11H,2,10H2,1H3. The summed E-state index contributed by atoms with van der Waals surface area (Å²) in [4.78, 5) is 4.49. The number of fused-ring (bicyclic) bond motifs is 1. The van der Waals surface area contributed by atoms with E-state index in [4.69, 9.17) is 4.74 Å². The molecule has 0 saturated heterocycles. The van der Waals surface area contributed by atoms with Crippen LogP contribution >= 0.6 is 15.9 Å². The number of imidazole rings is 1. The van der Waals surface area contributed by atoms with E-state index in [1.807, 2.05) is 25.4 Å². The molecule has 2 aromatic carbocycles. The summed E-state index contributed by atoms with van der Waals surface area (Å²) in [5.41, 5.74) is 4.34. The number of nitrogens with zero attached hydrogens (tertiary/aromatic N) is 2. The Morgan fingerprint density at radius 1 is 1.20 bits per heavy atom. The predicted octanol–water partition coefficient (Wildman–Crippen LogP) is 4.32. The van der Waals surface area contributed by atoms with E-state index in [0.717, 1.165) is 33.4 Å². The lowest BCUT2D eigenvalue weighted by atomic mass is 10.2. The number of hydrogen-bond acceptors (Lipinski definition) is 2. The Labute approximate surface area is 126 Å². The molecule has 0 aliphatic rings. The second-order valence-corrected chi connectivity index (χ2v) is 5.47. The van der Waals surface area contributed by atoms with Gasteiger partial charge < -0.3 is 4.74 Å². The van der Waals surface area contributed by atoms with Gasteiger partial charge in [0.25, 0.3) is 0 Å². The van der Waals surface area contributed by atoms with Crippen LogP contribution < -0.4 is 0 Å². The van der Waals surface area contributed by atoms with E-state index in [9.17, 15) is 0 Å². The molecule has 0 spiro atoms. The normalized spacial score (nSPS) is 11.1. The van der Waals surface area contributed by atoms with Crippen molar-refractivity contribution < 1.29 is 4.74 Å². The Balaban J connectivity index is 2.01. The van der Waals surface area contributed by atoms with Crippen molar-refractivity contribution in [1.29, 1.82) is 0 Å². The topological polar surface area (TPSA) is 27.1 Å². The van der Waals surface area contributed by atoms with Gasteiger partial charge in [-0.25, -0.2) is 4.98 Å². The summed E-state index contributed by atoms with van der Waals surface area (Å²) in [6.45, 7) is 3.36. The zero-order chi connectivity index (χ0) is 13.9. The lowest BCUT2D eigenvalue weighted by molar-refractivity contribution is 0.134. The quantitative estimate of drug-likeness (QED) is 0.712. The van der Waals surface area contributed by atoms with Crippen LogP contribution in [0.25, 0.3) is 16.7 Å². The molecule has 0 amide bonds. The molecule has 0 radical (unpaired) electrons. The van der Waals surface area contributed by atoms with Crippen LogP contribution in [0.2, 0.25) is 0 Å². The van der Waals surface area contributed by atoms with Crippen molar-refractivity contribution >= 4 is 27.0 Å². The molecule has 1 aromatic heterocycles. The van der Waals surface area contributed by atoms with Crippen molar-refractivity contribution in [3.63, 3.8) is 0 Å². The molecule has 0 fully saturated rings. The van der Waals surface area contributed by atoms with Crippen molar-refractivity contribution in [2.24, 2.45) is 0 Å². The fourth-order valence-electron chi connectivity index (χ4n) is 2.20. The molecule has 1 heterocycles. The van der Waals surface area contributed by atoms with Crippen molar-refractivity contribution in [3.8, 4) is 5.69 Å². The zero-order valence-electron chi connectivity index (χ0n) is 11.2. The molecule has 4 heteroatoms. The number of ether oxygens (including phenoxy) is 1. The first-order chi connectivity index (χ1) is 9.78. The molecule has 3 rings (SSSR count). The summed E-state index contributed by atoms with van der Waals surface area (Å²) in [6, 6.07) is 14.5. The Morgan fingerprint density at radius 2 is 2.10 bits per heavy atom. The Hall–Kier alpha value is -1.65. The van der Waals surface area contributed by atoms with Gasteiger partial charge >= 0.3 is 0 Å². The predicted molar refractivity (Wildman–Crippen MR) is 84.1 cm³/mol. The number of benzene rings is 2. The molecule has 0 atom stereocenters. The van der Waals surface area contributed by atoms with Crippen LogP contribution in [0.5, 0.6) is 0 Å². The molecule has 0 aliphatic carbocycles. The van der Waals surface area contributed by atoms with Crippen LogP contribution in [0.3, 0.4) is 0 Å². The Bertz CT molecular complexity index is 736. The lowest BCUT2D eigenvalue weighted by Gasteiger charge is -2.06. The maximum atomic E-state index is 5.43. The molecule has 0 N–H and O–H groups in total. The van der Waals surface area contributed by atoms with Gasteiger partial charge in [0.2, 0.25) is 0 Å². The highest BCUT2D eigenvalue weighted by molar-refractivity contribution is 9.10. The van der Waals surface area contributed by atoms with E-state index < -0.39 is 0 Å². The molecular weight excluding hydrogens is 316 g/mol. The third-order valence-electron chi connectivity index (χ3n) is 3.17. The summed E-state index contributed by atoms with van der Waals surface area (Å²) < 4.78 is 8.58. The van der Waals surface area contributed by atoms with Gasteiger partial charge in [0.1, 0.15) is 6.33 Å². The molecule has 3 nitrogen and oxygen atoms in total. The fraction of sp³-hybridized carbons (Fsp3) is 0.188. The largest absolute Gasteiger partial charge is 0.377 e. The first kappa shape index (κ1) is 13.3. The van der Waals surface area contributed by atoms with Gasteiger partial charge in [-0.15, -0.1) is 0 Å². The highest BCUT2D eigenvalue weighted by Crippen LogP contribution is 2.22. The van der Waals surface area contributed by atoms with E-state index in [-0.39, 0.29) is 0 Å². The zero-order valence-corrected chi connectivity index (χ0v) is 12.8. The molecule has 0 unspecified atom stereocenters. The highest BCUT2D eigenvalue weighted by atomic mass is 79.9. The number of halogens is 1. The Morgan fingerprint density at radius 3 is 2.90 bits per heavy atom. The van der Waals surface area contributed by atoms with Crippen molar-refractivity contribution in [2.45, 2.75) is 13.5 Å². The first-order valence-electron chi connectivity index (χ1n) is 6.57. The van der Waals surface area contributed by atoms with Gasteiger partial charge in [0.15, 0.2) is 0 Å². The maximum absolute atomic E-state index is 5.43. The third-order valence-corrected chi connectivity index (χ3v) is 3.66. The molecule has 0 aliphatic heterocycles. The van der Waals surface area contributed by atoms with Crippen molar-refractivity contribution in [1.82, 2.24) is 9.55 Å². The van der Waals surface area contributed by atoms with Crippen LogP contribution in [0.4, 0.5) is 0 Å². The summed E-state index contributed by atoms with van der Waals surface area (Å²) in [6.07, 6.45) is 1.86. The van der Waals surface area contributed by atoms with E-state index in [0.29, 0.717) is 6.61 Å². The summed E-state index contributed by atoms with van der Waals surface area (Å²) in [5.74, 6) is 0. The van der Waals surface area contributed by atoms with Crippen LogP contribution in [0, 0.1) is 0 Å². The minimum atomic E-state index is 0.635. The van der Waals surface area contributed by atoms with Gasteiger partial charge in [-0.3, -0.25) is 4.57 Å². The fourth-order valence-corrected chi connectivity index (χ4v) is 2.59. The lowest BCUT2D eigenvalue weighted by Crippen LogP contribution is -1.93. The van der Waals surface area contributed by atoms with Gasteiger partial charge in [-0.2, -0.15) is 0 Å². The van der Waals surface area contributed by atoms with Crippen molar-refractivity contribution in [2.75, 3.05) is 6.61 Å². The maximum Gasteiger partial charge on any atom is 0.100 e. The van der Waals surface area contributed by atoms with Crippen LogP contribution in [-0.2, 0) is 11.3 Å². The first-order valence-corrected chi connectivity index (χ1v) is 7.37. The van der Waals surface area contributed by atoms with Crippen LogP contribution in [0.15, 0.2) is 53.3 Å². The summed E-state index contributed by atoms with van der Waals surface area (Å²) in [7, 11) is 0. The van der Waals surface area contributed by atoms with Crippen molar-refractivity contribution in [3.05, 3.63) is 58.8 Å². The number of rotatable bonds is 4. The van der Waals surface area contributed by atoms with E-state index in [2.05, 4.69) is 55.8 Å². The minimum absolute atomic E-state index is 0.635. The second kappa shape index (κ2) is 5.77. The van der Waals surface area contributed by atoms with Gasteiger partial charge in [0.05, 0.1) is 17.6 Å². The summed E-state index contributed by atoms with van der Waals surface area (Å²) >= 11 is 3.50. The summed E-state index contributed by atoms with van der Waals surface area (Å²) in [5, 5.41) is 0. The SMILES string of the molecule is CCOCc1ccc2c(c1)ncn2-c1cccc(Br)c1. The van der Waals surface area contributed by atoms with Gasteiger partial charge in [-0.1, -0.05) is 28.1 Å². The Kier molecular flexibility index (Phi) is 3.85.